The minimum absolute atomic E-state index is 0.0161. The summed E-state index contributed by atoms with van der Waals surface area (Å²) in [5.41, 5.74) is 0.975. The number of hydrogen-bond donors (Lipinski definition) is 1. The van der Waals surface area contributed by atoms with Gasteiger partial charge in [-0.2, -0.15) is 0 Å². The monoisotopic (exact) mass is 600 g/mol. The highest BCUT2D eigenvalue weighted by Gasteiger charge is 2.37. The van der Waals surface area contributed by atoms with E-state index in [2.05, 4.69) is 24.1 Å². The van der Waals surface area contributed by atoms with Crippen molar-refractivity contribution in [3.63, 3.8) is 0 Å². The van der Waals surface area contributed by atoms with Crippen LogP contribution in [0.2, 0.25) is 0 Å². The summed E-state index contributed by atoms with van der Waals surface area (Å²) in [6.07, 6.45) is 1.26. The van der Waals surface area contributed by atoms with Gasteiger partial charge in [-0.15, -0.1) is 0 Å². The van der Waals surface area contributed by atoms with Crippen LogP contribution in [0.1, 0.15) is 69.9 Å². The van der Waals surface area contributed by atoms with E-state index in [1.165, 1.54) is 19.4 Å². The van der Waals surface area contributed by atoms with E-state index < -0.39 is 42.9 Å². The van der Waals surface area contributed by atoms with Crippen molar-refractivity contribution in [2.45, 2.75) is 85.2 Å². The molecule has 0 bridgehead atoms. The second-order valence-corrected chi connectivity index (χ2v) is 11.3. The van der Waals surface area contributed by atoms with Crippen LogP contribution in [0.25, 0.3) is 0 Å². The van der Waals surface area contributed by atoms with Gasteiger partial charge in [0.2, 0.25) is 6.79 Å². The number of rotatable bonds is 12. The summed E-state index contributed by atoms with van der Waals surface area (Å²) >= 11 is 0. The zero-order valence-corrected chi connectivity index (χ0v) is 26.1. The maximum absolute atomic E-state index is 13.4. The molecule has 3 rings (SSSR count). The molecular formula is C32H44N2O9. The zero-order valence-electron chi connectivity index (χ0n) is 26.1. The number of hydrogen-bond acceptors (Lipinski definition) is 10. The molecule has 1 N–H and O–H groups in total. The zero-order chi connectivity index (χ0) is 31.5. The number of nitrogens with zero attached hydrogens (tertiary/aromatic N) is 1. The third-order valence-electron chi connectivity index (χ3n) is 6.82. The fourth-order valence-corrected chi connectivity index (χ4v) is 4.44. The molecule has 0 radical (unpaired) electrons. The number of benzene rings is 1. The first-order valence-corrected chi connectivity index (χ1v) is 14.7. The first kappa shape index (κ1) is 33.6. The molecule has 0 saturated carbocycles. The van der Waals surface area contributed by atoms with E-state index >= 15 is 0 Å². The van der Waals surface area contributed by atoms with E-state index in [0.717, 1.165) is 5.56 Å². The van der Waals surface area contributed by atoms with E-state index in [1.54, 1.807) is 20.8 Å². The smallest absolute Gasteiger partial charge is 0.329 e. The van der Waals surface area contributed by atoms with Gasteiger partial charge in [0.25, 0.3) is 5.91 Å². The lowest BCUT2D eigenvalue weighted by Gasteiger charge is -2.32. The molecule has 1 aliphatic heterocycles. The average Bonchev–Trinajstić information content (AvgIpc) is 3.02. The van der Waals surface area contributed by atoms with Crippen molar-refractivity contribution in [3.05, 3.63) is 47.8 Å². The summed E-state index contributed by atoms with van der Waals surface area (Å²) in [4.78, 5) is 42.8. The third kappa shape index (κ3) is 9.84. The molecular weight excluding hydrogens is 556 g/mol. The molecule has 236 valence electrons. The summed E-state index contributed by atoms with van der Waals surface area (Å²) in [5.74, 6) is -0.926. The molecule has 4 atom stereocenters. The maximum Gasteiger partial charge on any atom is 0.329 e. The second-order valence-electron chi connectivity index (χ2n) is 11.3. The Bertz CT molecular complexity index is 1220. The maximum atomic E-state index is 13.4. The Balaban J connectivity index is 1.78. The van der Waals surface area contributed by atoms with Gasteiger partial charge in [0.15, 0.2) is 23.3 Å². The van der Waals surface area contributed by atoms with Gasteiger partial charge < -0.3 is 33.7 Å². The van der Waals surface area contributed by atoms with Crippen molar-refractivity contribution < 1.29 is 42.8 Å². The average molecular weight is 601 g/mol. The van der Waals surface area contributed by atoms with Gasteiger partial charge in [-0.3, -0.25) is 9.59 Å². The Morgan fingerprint density at radius 1 is 1.09 bits per heavy atom. The predicted octanol–water partition coefficient (Wildman–Crippen LogP) is 4.64. The van der Waals surface area contributed by atoms with E-state index in [0.29, 0.717) is 37.5 Å². The van der Waals surface area contributed by atoms with Crippen LogP contribution in [0, 0.1) is 18.8 Å². The SMILES string of the molecule is COc1ccnc(C(=O)N[C@H]2CCC[C@H](OCC(C)C)[C@@H](Oc3ccc(C)cc3)[C@H](C)OC2=O)c1OCOC(=O)C(C)C. The standard InChI is InChI=1S/C32H44N2O9/c1-19(2)17-39-26-10-8-9-24(32(37)42-22(6)28(26)43-23-13-11-21(5)12-14-23)34-30(35)27-29(25(38-7)15-16-33-27)40-18-41-31(36)20(3)4/h11-16,19-20,22,24,26,28H,8-10,17-18H2,1-7H3,(H,34,35)/t22-,24-,26-,28-/m0/s1. The van der Waals surface area contributed by atoms with Crippen LogP contribution in [0.3, 0.4) is 0 Å². The van der Waals surface area contributed by atoms with Crippen molar-refractivity contribution in [2.75, 3.05) is 20.5 Å². The highest BCUT2D eigenvalue weighted by atomic mass is 16.7. The van der Waals surface area contributed by atoms with Gasteiger partial charge in [0, 0.05) is 18.9 Å². The van der Waals surface area contributed by atoms with E-state index in [-0.39, 0.29) is 29.2 Å². The molecule has 11 heteroatoms. The van der Waals surface area contributed by atoms with Crippen LogP contribution in [0.5, 0.6) is 17.2 Å². The summed E-state index contributed by atoms with van der Waals surface area (Å²) in [5, 5.41) is 2.75. The predicted molar refractivity (Wildman–Crippen MR) is 158 cm³/mol. The molecule has 2 aromatic rings. The Morgan fingerprint density at radius 2 is 1.81 bits per heavy atom. The van der Waals surface area contributed by atoms with E-state index in [4.69, 9.17) is 28.4 Å². The van der Waals surface area contributed by atoms with E-state index in [9.17, 15) is 14.4 Å². The van der Waals surface area contributed by atoms with E-state index in [1.807, 2.05) is 31.2 Å². The number of carbonyl (C=O) groups excluding carboxylic acids is 3. The van der Waals surface area contributed by atoms with Crippen LogP contribution in [0.4, 0.5) is 0 Å². The molecule has 43 heavy (non-hydrogen) atoms. The lowest BCUT2D eigenvalue weighted by atomic mass is 10.0. The van der Waals surface area contributed by atoms with Gasteiger partial charge >= 0.3 is 11.9 Å². The minimum Gasteiger partial charge on any atom is -0.493 e. The second kappa shape index (κ2) is 16.1. The molecule has 1 aromatic carbocycles. The van der Waals surface area contributed by atoms with Gasteiger partial charge in [-0.05, 0) is 51.2 Å². The molecule has 1 fully saturated rings. The first-order chi connectivity index (χ1) is 20.5. The largest absolute Gasteiger partial charge is 0.493 e. The van der Waals surface area contributed by atoms with Crippen LogP contribution >= 0.6 is 0 Å². The number of aromatic nitrogens is 1. The van der Waals surface area contributed by atoms with Gasteiger partial charge in [0.1, 0.15) is 17.9 Å². The summed E-state index contributed by atoms with van der Waals surface area (Å²) in [7, 11) is 1.41. The number of amides is 1. The molecule has 1 aliphatic rings. The normalized spacial score (nSPS) is 20.8. The summed E-state index contributed by atoms with van der Waals surface area (Å²) < 4.78 is 34.5. The van der Waals surface area contributed by atoms with Crippen LogP contribution in [0.15, 0.2) is 36.5 Å². The lowest BCUT2D eigenvalue weighted by Crippen LogP contribution is -2.47. The van der Waals surface area contributed by atoms with Crippen molar-refractivity contribution in [3.8, 4) is 17.2 Å². The number of aryl methyl sites for hydroxylation is 1. The Morgan fingerprint density at radius 3 is 2.47 bits per heavy atom. The fraction of sp³-hybridized carbons (Fsp3) is 0.562. The van der Waals surface area contributed by atoms with Crippen molar-refractivity contribution in [2.24, 2.45) is 11.8 Å². The molecule has 0 spiro atoms. The number of carbonyl (C=O) groups is 3. The molecule has 11 nitrogen and oxygen atoms in total. The number of methoxy groups -OCH3 is 1. The topological polar surface area (TPSA) is 132 Å². The molecule has 2 heterocycles. The summed E-state index contributed by atoms with van der Waals surface area (Å²) in [6.45, 7) is 11.4. The number of ether oxygens (including phenoxy) is 6. The Kier molecular flexibility index (Phi) is 12.6. The Labute approximate surface area is 253 Å². The number of esters is 2. The molecule has 1 saturated heterocycles. The Hall–Kier alpha value is -3.86. The quantitative estimate of drug-likeness (QED) is 0.272. The van der Waals surface area contributed by atoms with Gasteiger partial charge in [-0.25, -0.2) is 9.78 Å². The van der Waals surface area contributed by atoms with Crippen LogP contribution in [-0.2, 0) is 23.8 Å². The van der Waals surface area contributed by atoms with Crippen LogP contribution < -0.4 is 19.5 Å². The number of nitrogens with one attached hydrogen (secondary N) is 1. The number of pyridine rings is 1. The lowest BCUT2D eigenvalue weighted by molar-refractivity contribution is -0.159. The minimum atomic E-state index is -0.960. The number of cyclic esters (lactones) is 1. The van der Waals surface area contributed by atoms with Gasteiger partial charge in [-0.1, -0.05) is 45.4 Å². The van der Waals surface area contributed by atoms with Crippen LogP contribution in [-0.4, -0.2) is 67.7 Å². The first-order valence-electron chi connectivity index (χ1n) is 14.7. The molecule has 1 aromatic heterocycles. The highest BCUT2D eigenvalue weighted by molar-refractivity contribution is 5.98. The van der Waals surface area contributed by atoms with Gasteiger partial charge in [0.05, 0.1) is 19.1 Å². The summed E-state index contributed by atoms with van der Waals surface area (Å²) in [6, 6.07) is 8.22. The van der Waals surface area contributed by atoms with Crippen molar-refractivity contribution in [1.29, 1.82) is 0 Å². The third-order valence-corrected chi connectivity index (χ3v) is 6.82. The van der Waals surface area contributed by atoms with Crippen molar-refractivity contribution >= 4 is 17.8 Å². The molecule has 1 amide bonds. The molecule has 0 unspecified atom stereocenters. The highest BCUT2D eigenvalue weighted by Crippen LogP contribution is 2.30. The van der Waals surface area contributed by atoms with Crippen molar-refractivity contribution in [1.82, 2.24) is 10.3 Å². The fourth-order valence-electron chi connectivity index (χ4n) is 4.44. The molecule has 0 aliphatic carbocycles.